The van der Waals surface area contributed by atoms with Crippen molar-refractivity contribution in [3.05, 3.63) is 46.4 Å². The number of aryl methyl sites for hydroxylation is 1. The molecule has 1 aromatic heterocycles. The molecular weight excluding hydrogens is 330 g/mol. The fourth-order valence-electron chi connectivity index (χ4n) is 2.76. The summed E-state index contributed by atoms with van der Waals surface area (Å²) < 4.78 is 0. The van der Waals surface area contributed by atoms with Crippen molar-refractivity contribution in [3.8, 4) is 0 Å². The Morgan fingerprint density at radius 1 is 1.28 bits per heavy atom. The zero-order chi connectivity index (χ0) is 18.1. The minimum Gasteiger partial charge on any atom is -0.372 e. The summed E-state index contributed by atoms with van der Waals surface area (Å²) in [5, 5.41) is 6.66. The maximum Gasteiger partial charge on any atom is 0.193 e. The number of aliphatic imine (C=N–C) groups is 1. The Labute approximate surface area is 155 Å². The highest BCUT2D eigenvalue weighted by atomic mass is 32.1. The minimum atomic E-state index is 0.773. The number of aromatic nitrogens is 1. The molecule has 2 rings (SSSR count). The Kier molecular flexibility index (Phi) is 7.73. The fraction of sp³-hybridized carbons (Fsp3) is 0.474. The van der Waals surface area contributed by atoms with Gasteiger partial charge >= 0.3 is 0 Å². The van der Waals surface area contributed by atoms with E-state index in [2.05, 4.69) is 67.7 Å². The van der Waals surface area contributed by atoms with Crippen molar-refractivity contribution in [1.29, 1.82) is 0 Å². The highest BCUT2D eigenvalue weighted by molar-refractivity contribution is 7.09. The maximum atomic E-state index is 4.52. The maximum absolute atomic E-state index is 4.52. The second-order valence-electron chi connectivity index (χ2n) is 5.96. The first-order valence-corrected chi connectivity index (χ1v) is 9.64. The average Bonchev–Trinajstić information content (AvgIpc) is 3.03. The van der Waals surface area contributed by atoms with Crippen molar-refractivity contribution in [3.63, 3.8) is 0 Å². The van der Waals surface area contributed by atoms with Crippen molar-refractivity contribution in [2.45, 2.75) is 26.8 Å². The van der Waals surface area contributed by atoms with E-state index in [-0.39, 0.29) is 0 Å². The smallest absolute Gasteiger partial charge is 0.193 e. The standard InChI is InChI=1S/C19H29N5S/c1-5-24(18-10-7-6-8-11-18)13-9-12-21-19(20-3)23(4)14-17-15-25-16(2)22-17/h6-8,10-11,15H,5,9,12-14H2,1-4H3,(H,20,21). The monoisotopic (exact) mass is 359 g/mol. The summed E-state index contributed by atoms with van der Waals surface area (Å²) in [5.74, 6) is 0.911. The van der Waals surface area contributed by atoms with E-state index in [4.69, 9.17) is 0 Å². The molecule has 25 heavy (non-hydrogen) atoms. The number of anilines is 1. The third-order valence-electron chi connectivity index (χ3n) is 4.03. The largest absolute Gasteiger partial charge is 0.372 e. The van der Waals surface area contributed by atoms with Gasteiger partial charge in [0.2, 0.25) is 0 Å². The van der Waals surface area contributed by atoms with Gasteiger partial charge in [0.1, 0.15) is 0 Å². The van der Waals surface area contributed by atoms with Gasteiger partial charge in [-0.25, -0.2) is 4.98 Å². The normalized spacial score (nSPS) is 11.4. The lowest BCUT2D eigenvalue weighted by Crippen LogP contribution is -2.39. The Morgan fingerprint density at radius 2 is 2.04 bits per heavy atom. The van der Waals surface area contributed by atoms with Crippen LogP contribution in [0.5, 0.6) is 0 Å². The van der Waals surface area contributed by atoms with Crippen molar-refractivity contribution < 1.29 is 0 Å². The summed E-state index contributed by atoms with van der Waals surface area (Å²) in [6, 6.07) is 10.6. The van der Waals surface area contributed by atoms with Gasteiger partial charge in [-0.2, -0.15) is 0 Å². The molecule has 0 bridgehead atoms. The third kappa shape index (κ3) is 6.05. The van der Waals surface area contributed by atoms with Crippen LogP contribution < -0.4 is 10.2 Å². The predicted octanol–water partition coefficient (Wildman–Crippen LogP) is 3.38. The summed E-state index contributed by atoms with van der Waals surface area (Å²) in [5.41, 5.74) is 2.37. The van der Waals surface area contributed by atoms with Crippen LogP contribution in [0.3, 0.4) is 0 Å². The number of rotatable bonds is 8. The Bertz CT molecular complexity index is 653. The number of hydrogen-bond donors (Lipinski definition) is 1. The summed E-state index contributed by atoms with van der Waals surface area (Å²) >= 11 is 1.69. The number of benzene rings is 1. The molecule has 0 aliphatic heterocycles. The molecular formula is C19H29N5S. The molecule has 0 saturated carbocycles. The lowest BCUT2D eigenvalue weighted by Gasteiger charge is -2.24. The zero-order valence-corrected chi connectivity index (χ0v) is 16.5. The van der Waals surface area contributed by atoms with Crippen LogP contribution in [0.15, 0.2) is 40.7 Å². The molecule has 0 atom stereocenters. The van der Waals surface area contributed by atoms with E-state index >= 15 is 0 Å². The average molecular weight is 360 g/mol. The van der Waals surface area contributed by atoms with Crippen LogP contribution in [0, 0.1) is 6.92 Å². The molecule has 0 amide bonds. The number of nitrogens with zero attached hydrogens (tertiary/aromatic N) is 4. The number of hydrogen-bond acceptors (Lipinski definition) is 4. The van der Waals surface area contributed by atoms with Gasteiger partial charge in [0, 0.05) is 44.8 Å². The number of thiazole rings is 1. The van der Waals surface area contributed by atoms with Gasteiger partial charge in [-0.15, -0.1) is 11.3 Å². The van der Waals surface area contributed by atoms with Gasteiger partial charge < -0.3 is 15.1 Å². The Hall–Kier alpha value is -2.08. The quantitative estimate of drug-likeness (QED) is 0.446. The molecule has 2 aromatic rings. The van der Waals surface area contributed by atoms with Gasteiger partial charge in [-0.05, 0) is 32.4 Å². The molecule has 136 valence electrons. The van der Waals surface area contributed by atoms with Crippen molar-refractivity contribution in [2.24, 2.45) is 4.99 Å². The Balaban J connectivity index is 1.76. The van der Waals surface area contributed by atoms with E-state index in [1.165, 1.54) is 5.69 Å². The topological polar surface area (TPSA) is 43.8 Å². The summed E-state index contributed by atoms with van der Waals surface area (Å²) in [6.07, 6.45) is 1.06. The van der Waals surface area contributed by atoms with Crippen LogP contribution in [0.25, 0.3) is 0 Å². The van der Waals surface area contributed by atoms with E-state index in [1.54, 1.807) is 11.3 Å². The van der Waals surface area contributed by atoms with Crippen molar-refractivity contribution in [1.82, 2.24) is 15.2 Å². The molecule has 0 saturated heterocycles. The molecule has 0 fully saturated rings. The molecule has 1 N–H and O–H groups in total. The predicted molar refractivity (Wildman–Crippen MR) is 109 cm³/mol. The fourth-order valence-corrected chi connectivity index (χ4v) is 3.37. The van der Waals surface area contributed by atoms with Crippen molar-refractivity contribution in [2.75, 3.05) is 38.6 Å². The second-order valence-corrected chi connectivity index (χ2v) is 7.02. The van der Waals surface area contributed by atoms with Crippen LogP contribution in [0.4, 0.5) is 5.69 Å². The first kappa shape index (κ1) is 19.2. The molecule has 0 aliphatic rings. The van der Waals surface area contributed by atoms with Crippen LogP contribution in [0.2, 0.25) is 0 Å². The van der Waals surface area contributed by atoms with Crippen LogP contribution in [-0.4, -0.2) is 49.6 Å². The molecule has 1 heterocycles. The van der Waals surface area contributed by atoms with Gasteiger partial charge in [0.15, 0.2) is 5.96 Å². The summed E-state index contributed by atoms with van der Waals surface area (Å²) in [6.45, 7) is 7.95. The van der Waals surface area contributed by atoms with E-state index < -0.39 is 0 Å². The van der Waals surface area contributed by atoms with Gasteiger partial charge in [-0.3, -0.25) is 4.99 Å². The van der Waals surface area contributed by atoms with Crippen LogP contribution in [-0.2, 0) is 6.54 Å². The molecule has 0 unspecified atom stereocenters. The number of nitrogens with one attached hydrogen (secondary N) is 1. The lowest BCUT2D eigenvalue weighted by atomic mass is 10.2. The van der Waals surface area contributed by atoms with Crippen molar-refractivity contribution >= 4 is 23.0 Å². The van der Waals surface area contributed by atoms with E-state index in [9.17, 15) is 0 Å². The first-order chi connectivity index (χ1) is 12.1. The molecule has 6 heteroatoms. The highest BCUT2D eigenvalue weighted by Gasteiger charge is 2.09. The van der Waals surface area contributed by atoms with Gasteiger partial charge in [0.25, 0.3) is 0 Å². The third-order valence-corrected chi connectivity index (χ3v) is 4.85. The second kappa shape index (κ2) is 10.0. The van der Waals surface area contributed by atoms with Crippen LogP contribution in [0.1, 0.15) is 24.0 Å². The highest BCUT2D eigenvalue weighted by Crippen LogP contribution is 2.13. The molecule has 5 nitrogen and oxygen atoms in total. The summed E-state index contributed by atoms with van der Waals surface area (Å²) in [4.78, 5) is 13.4. The van der Waals surface area contributed by atoms with Gasteiger partial charge in [-0.1, -0.05) is 18.2 Å². The van der Waals surface area contributed by atoms with Crippen LogP contribution >= 0.6 is 11.3 Å². The van der Waals surface area contributed by atoms with E-state index in [0.29, 0.717) is 0 Å². The molecule has 0 spiro atoms. The lowest BCUT2D eigenvalue weighted by molar-refractivity contribution is 0.470. The number of para-hydroxylation sites is 1. The minimum absolute atomic E-state index is 0.773. The van der Waals surface area contributed by atoms with E-state index in [1.807, 2.05) is 21.0 Å². The Morgan fingerprint density at radius 3 is 2.64 bits per heavy atom. The first-order valence-electron chi connectivity index (χ1n) is 8.76. The van der Waals surface area contributed by atoms with E-state index in [0.717, 1.165) is 49.3 Å². The molecule has 0 aliphatic carbocycles. The molecule has 0 radical (unpaired) electrons. The zero-order valence-electron chi connectivity index (χ0n) is 15.7. The summed E-state index contributed by atoms with van der Waals surface area (Å²) in [7, 11) is 3.87. The number of guanidine groups is 1. The molecule has 1 aromatic carbocycles. The van der Waals surface area contributed by atoms with Gasteiger partial charge in [0.05, 0.1) is 17.2 Å². The SMILES string of the molecule is CCN(CCCNC(=NC)N(C)Cc1csc(C)n1)c1ccccc1.